The highest BCUT2D eigenvalue weighted by molar-refractivity contribution is 5.97. The molecule has 0 unspecified atom stereocenters. The summed E-state index contributed by atoms with van der Waals surface area (Å²) in [6, 6.07) is 5.06. The zero-order chi connectivity index (χ0) is 15.8. The van der Waals surface area contributed by atoms with Gasteiger partial charge in [0.25, 0.3) is 0 Å². The van der Waals surface area contributed by atoms with Crippen LogP contribution in [0.3, 0.4) is 0 Å². The molecular formula is C16H17NO4. The molecule has 1 rings (SSSR count). The fraction of sp³-hybridized carbons (Fsp3) is 0.250. The Bertz CT molecular complexity index is 574. The number of rotatable bonds is 7. The summed E-state index contributed by atoms with van der Waals surface area (Å²) in [5.41, 5.74) is 0.616. The molecule has 1 aromatic rings. The quantitative estimate of drug-likeness (QED) is 0.616. The van der Waals surface area contributed by atoms with E-state index in [0.29, 0.717) is 12.0 Å². The van der Waals surface area contributed by atoms with Gasteiger partial charge in [-0.1, -0.05) is 12.2 Å². The van der Waals surface area contributed by atoms with E-state index in [1.54, 1.807) is 18.2 Å². The number of phenolic OH excluding ortho intramolecular Hbond substituents is 1. The number of nitriles is 1. The van der Waals surface area contributed by atoms with Crippen LogP contribution in [0.1, 0.15) is 12.0 Å². The van der Waals surface area contributed by atoms with Crippen LogP contribution in [0.2, 0.25) is 0 Å². The number of carbonyl (C=O) groups excluding carboxylic acids is 1. The predicted molar refractivity (Wildman–Crippen MR) is 79.2 cm³/mol. The van der Waals surface area contributed by atoms with Gasteiger partial charge in [-0.15, -0.1) is 6.58 Å². The minimum absolute atomic E-state index is 0.106. The molecule has 1 atom stereocenters. The standard InChI is InChI=1S/C16H17NO4/c1-4-5-12(10-17)13(18)7-6-11-8-14(20-2)16(19)15(9-11)21-3/h4,6-9,12,19H,1,5H2,2-3H3/b7-6+/t12-/m0/s1. The zero-order valence-corrected chi connectivity index (χ0v) is 12.0. The number of phenols is 1. The lowest BCUT2D eigenvalue weighted by molar-refractivity contribution is -0.116. The summed E-state index contributed by atoms with van der Waals surface area (Å²) in [6.45, 7) is 3.52. The predicted octanol–water partition coefficient (Wildman–Crippen LogP) is 2.71. The van der Waals surface area contributed by atoms with E-state index in [2.05, 4.69) is 6.58 Å². The average molecular weight is 287 g/mol. The van der Waals surface area contributed by atoms with E-state index < -0.39 is 5.92 Å². The van der Waals surface area contributed by atoms with Gasteiger partial charge in [0.15, 0.2) is 17.3 Å². The third-order valence-electron chi connectivity index (χ3n) is 2.84. The number of hydrogen-bond acceptors (Lipinski definition) is 5. The summed E-state index contributed by atoms with van der Waals surface area (Å²) < 4.78 is 10.1. The van der Waals surface area contributed by atoms with Crippen LogP contribution < -0.4 is 9.47 Å². The molecule has 0 aliphatic heterocycles. The van der Waals surface area contributed by atoms with Gasteiger partial charge >= 0.3 is 0 Å². The molecule has 0 saturated carbocycles. The van der Waals surface area contributed by atoms with Gasteiger partial charge in [0.2, 0.25) is 5.75 Å². The van der Waals surface area contributed by atoms with Crippen molar-refractivity contribution >= 4 is 11.9 Å². The molecule has 0 aliphatic carbocycles. The maximum atomic E-state index is 11.8. The Morgan fingerprint density at radius 1 is 1.43 bits per heavy atom. The van der Waals surface area contributed by atoms with Crippen LogP contribution >= 0.6 is 0 Å². The van der Waals surface area contributed by atoms with Crippen molar-refractivity contribution in [3.05, 3.63) is 36.4 Å². The van der Waals surface area contributed by atoms with Crippen molar-refractivity contribution in [3.8, 4) is 23.3 Å². The van der Waals surface area contributed by atoms with Crippen LogP contribution in [0, 0.1) is 17.2 Å². The summed E-state index contributed by atoms with van der Waals surface area (Å²) in [4.78, 5) is 11.8. The average Bonchev–Trinajstić information content (AvgIpc) is 2.51. The van der Waals surface area contributed by atoms with Gasteiger partial charge in [0, 0.05) is 0 Å². The second kappa shape index (κ2) is 7.75. The molecule has 1 N–H and O–H groups in total. The molecular weight excluding hydrogens is 270 g/mol. The number of allylic oxidation sites excluding steroid dienone is 2. The van der Waals surface area contributed by atoms with E-state index in [-0.39, 0.29) is 23.0 Å². The minimum Gasteiger partial charge on any atom is -0.502 e. The normalized spacial score (nSPS) is 11.7. The first-order valence-corrected chi connectivity index (χ1v) is 6.24. The van der Waals surface area contributed by atoms with Gasteiger partial charge in [-0.25, -0.2) is 0 Å². The van der Waals surface area contributed by atoms with Gasteiger partial charge in [-0.05, 0) is 30.2 Å². The lowest BCUT2D eigenvalue weighted by atomic mass is 10.0. The number of benzene rings is 1. The fourth-order valence-corrected chi connectivity index (χ4v) is 1.70. The van der Waals surface area contributed by atoms with Crippen molar-refractivity contribution in [2.24, 2.45) is 5.92 Å². The molecule has 0 heterocycles. The number of ether oxygens (including phenoxy) is 2. The summed E-state index contributed by atoms with van der Waals surface area (Å²) in [7, 11) is 2.84. The molecule has 0 aliphatic rings. The van der Waals surface area contributed by atoms with E-state index in [1.165, 1.54) is 26.4 Å². The highest BCUT2D eigenvalue weighted by Gasteiger charge is 2.14. The Morgan fingerprint density at radius 3 is 2.43 bits per heavy atom. The Kier molecular flexibility index (Phi) is 6.02. The maximum absolute atomic E-state index is 11.8. The van der Waals surface area contributed by atoms with E-state index in [0.717, 1.165) is 0 Å². The van der Waals surface area contributed by atoms with Crippen molar-refractivity contribution < 1.29 is 19.4 Å². The summed E-state index contributed by atoms with van der Waals surface area (Å²) in [5, 5.41) is 18.7. The largest absolute Gasteiger partial charge is 0.502 e. The third-order valence-corrected chi connectivity index (χ3v) is 2.84. The molecule has 5 heteroatoms. The summed E-state index contributed by atoms with van der Waals surface area (Å²) in [5.74, 6) is -0.665. The number of hydrogen-bond donors (Lipinski definition) is 1. The van der Waals surface area contributed by atoms with Gasteiger partial charge in [0.05, 0.1) is 20.3 Å². The van der Waals surface area contributed by atoms with Crippen LogP contribution in [-0.2, 0) is 4.79 Å². The van der Waals surface area contributed by atoms with Crippen LogP contribution in [0.15, 0.2) is 30.9 Å². The van der Waals surface area contributed by atoms with Crippen LogP contribution in [0.4, 0.5) is 0 Å². The van der Waals surface area contributed by atoms with Crippen molar-refractivity contribution in [3.63, 3.8) is 0 Å². The molecule has 0 spiro atoms. The Hall–Kier alpha value is -2.74. The van der Waals surface area contributed by atoms with Crippen molar-refractivity contribution in [1.82, 2.24) is 0 Å². The van der Waals surface area contributed by atoms with E-state index in [4.69, 9.17) is 14.7 Å². The molecule has 0 amide bonds. The molecule has 0 bridgehead atoms. The van der Waals surface area contributed by atoms with Crippen LogP contribution in [0.25, 0.3) is 6.08 Å². The first-order valence-electron chi connectivity index (χ1n) is 6.24. The highest BCUT2D eigenvalue weighted by Crippen LogP contribution is 2.37. The molecule has 0 aromatic heterocycles. The van der Waals surface area contributed by atoms with Crippen LogP contribution in [-0.4, -0.2) is 25.1 Å². The Morgan fingerprint density at radius 2 is 2.00 bits per heavy atom. The number of methoxy groups -OCH3 is 2. The second-order valence-corrected chi connectivity index (χ2v) is 4.22. The second-order valence-electron chi connectivity index (χ2n) is 4.22. The zero-order valence-electron chi connectivity index (χ0n) is 12.0. The molecule has 5 nitrogen and oxygen atoms in total. The van der Waals surface area contributed by atoms with Gasteiger partial charge in [-0.2, -0.15) is 5.26 Å². The van der Waals surface area contributed by atoms with Crippen LogP contribution in [0.5, 0.6) is 17.2 Å². The SMILES string of the molecule is C=CC[C@@H](C#N)C(=O)/C=C/c1cc(OC)c(O)c(OC)c1. The topological polar surface area (TPSA) is 79.6 Å². The summed E-state index contributed by atoms with van der Waals surface area (Å²) in [6.07, 6.45) is 4.71. The lowest BCUT2D eigenvalue weighted by Gasteiger charge is -2.09. The number of carbonyl (C=O) groups is 1. The Labute approximate surface area is 123 Å². The maximum Gasteiger partial charge on any atom is 0.200 e. The number of aromatic hydroxyl groups is 1. The first kappa shape index (κ1) is 16.3. The molecule has 1 aromatic carbocycles. The molecule has 110 valence electrons. The molecule has 0 saturated heterocycles. The van der Waals surface area contributed by atoms with Crippen molar-refractivity contribution in [2.45, 2.75) is 6.42 Å². The third kappa shape index (κ3) is 4.11. The van der Waals surface area contributed by atoms with Crippen molar-refractivity contribution in [2.75, 3.05) is 14.2 Å². The lowest BCUT2D eigenvalue weighted by Crippen LogP contribution is -2.08. The van der Waals surface area contributed by atoms with Crippen molar-refractivity contribution in [1.29, 1.82) is 5.26 Å². The highest BCUT2D eigenvalue weighted by atomic mass is 16.5. The molecule has 21 heavy (non-hydrogen) atoms. The van der Waals surface area contributed by atoms with E-state index in [9.17, 15) is 9.90 Å². The first-order chi connectivity index (χ1) is 10.1. The number of ketones is 1. The van der Waals surface area contributed by atoms with E-state index in [1.807, 2.05) is 6.07 Å². The van der Waals surface area contributed by atoms with Gasteiger partial charge in [-0.3, -0.25) is 4.79 Å². The smallest absolute Gasteiger partial charge is 0.200 e. The summed E-state index contributed by atoms with van der Waals surface area (Å²) >= 11 is 0. The van der Waals surface area contributed by atoms with E-state index >= 15 is 0 Å². The monoisotopic (exact) mass is 287 g/mol. The Balaban J connectivity index is 3.02. The molecule has 0 fully saturated rings. The minimum atomic E-state index is -0.736. The van der Waals surface area contributed by atoms with Gasteiger partial charge in [0.1, 0.15) is 5.92 Å². The van der Waals surface area contributed by atoms with Gasteiger partial charge < -0.3 is 14.6 Å². The number of nitrogens with zero attached hydrogens (tertiary/aromatic N) is 1. The fourth-order valence-electron chi connectivity index (χ4n) is 1.70. The molecule has 0 radical (unpaired) electrons.